The molecule has 0 saturated heterocycles. The zero-order valence-corrected chi connectivity index (χ0v) is 16.0. The molecule has 0 rings (SSSR count). The molecule has 0 amide bonds. The smallest absolute Gasteiger partial charge is 0.191 e. The van der Waals surface area contributed by atoms with Gasteiger partial charge in [-0.1, -0.05) is 26.8 Å². The molecule has 3 nitrogen and oxygen atoms in total. The Kier molecular flexibility index (Phi) is 9.03. The van der Waals surface area contributed by atoms with Crippen LogP contribution in [0.4, 0.5) is 0 Å². The number of hydrogen-bond acceptors (Lipinski definition) is 3. The molecule has 19 heavy (non-hydrogen) atoms. The lowest BCUT2D eigenvalue weighted by molar-refractivity contribution is 0.153. The van der Waals surface area contributed by atoms with Crippen molar-refractivity contribution in [3.05, 3.63) is 9.66 Å². The number of hydrogen-bond donors (Lipinski definition) is 2. The first kappa shape index (κ1) is 19.6. The SMILES string of the molecule is CC(C)(C)[Si](C)(C)OCCC[C@@H](O)C/C=C(/I)CO. The molecule has 0 aromatic rings. The van der Waals surface area contributed by atoms with Gasteiger partial charge in [-0.15, -0.1) is 0 Å². The van der Waals surface area contributed by atoms with Crippen LogP contribution in [0.3, 0.4) is 0 Å². The standard InChI is InChI=1S/C14H29IO3Si/c1-14(2,3)19(4,5)18-10-6-7-13(17)9-8-12(15)11-16/h8,13,16-17H,6-7,9-11H2,1-5H3/b12-8+/t13-/m1/s1. The lowest BCUT2D eigenvalue weighted by Gasteiger charge is -2.36. The van der Waals surface area contributed by atoms with Crippen LogP contribution in [0.1, 0.15) is 40.0 Å². The largest absolute Gasteiger partial charge is 0.417 e. The summed E-state index contributed by atoms with van der Waals surface area (Å²) in [7, 11) is -1.65. The highest BCUT2D eigenvalue weighted by Gasteiger charge is 2.36. The number of halogens is 1. The molecule has 2 N–H and O–H groups in total. The van der Waals surface area contributed by atoms with Crippen molar-refractivity contribution in [1.82, 2.24) is 0 Å². The third-order valence-electron chi connectivity index (χ3n) is 3.71. The Morgan fingerprint density at radius 2 is 1.95 bits per heavy atom. The molecule has 0 aliphatic carbocycles. The Labute approximate surface area is 132 Å². The van der Waals surface area contributed by atoms with Gasteiger partial charge in [0.05, 0.1) is 12.7 Å². The Morgan fingerprint density at radius 1 is 1.37 bits per heavy atom. The lowest BCUT2D eigenvalue weighted by Crippen LogP contribution is -2.41. The molecule has 0 aromatic carbocycles. The van der Waals surface area contributed by atoms with Crippen molar-refractivity contribution in [1.29, 1.82) is 0 Å². The van der Waals surface area contributed by atoms with E-state index >= 15 is 0 Å². The Bertz CT molecular complexity index is 285. The number of aliphatic hydroxyl groups excluding tert-OH is 2. The van der Waals surface area contributed by atoms with Gasteiger partial charge in [-0.05, 0) is 60.0 Å². The summed E-state index contributed by atoms with van der Waals surface area (Å²) < 4.78 is 6.95. The average Bonchev–Trinajstić information content (AvgIpc) is 2.30. The third-order valence-corrected chi connectivity index (χ3v) is 9.03. The fourth-order valence-corrected chi connectivity index (χ4v) is 2.65. The summed E-state index contributed by atoms with van der Waals surface area (Å²) in [6.45, 7) is 12.0. The maximum Gasteiger partial charge on any atom is 0.191 e. The van der Waals surface area contributed by atoms with E-state index in [-0.39, 0.29) is 17.7 Å². The molecule has 5 heteroatoms. The summed E-state index contributed by atoms with van der Waals surface area (Å²) >= 11 is 2.08. The van der Waals surface area contributed by atoms with Crippen LogP contribution in [0.15, 0.2) is 9.66 Å². The second-order valence-electron chi connectivity index (χ2n) is 6.45. The van der Waals surface area contributed by atoms with E-state index in [1.54, 1.807) is 0 Å². The second kappa shape index (κ2) is 8.77. The molecule has 0 aromatic heterocycles. The van der Waals surface area contributed by atoms with Crippen LogP contribution in [0.5, 0.6) is 0 Å². The minimum Gasteiger partial charge on any atom is -0.417 e. The van der Waals surface area contributed by atoms with Gasteiger partial charge in [0.15, 0.2) is 8.32 Å². The van der Waals surface area contributed by atoms with Crippen molar-refractivity contribution in [3.8, 4) is 0 Å². The zero-order chi connectivity index (χ0) is 15.1. The zero-order valence-electron chi connectivity index (χ0n) is 12.9. The maximum atomic E-state index is 9.81. The van der Waals surface area contributed by atoms with Crippen LogP contribution >= 0.6 is 22.6 Å². The van der Waals surface area contributed by atoms with E-state index in [0.717, 1.165) is 23.0 Å². The first-order chi connectivity index (χ1) is 8.60. The molecule has 0 aliphatic rings. The summed E-state index contributed by atoms with van der Waals surface area (Å²) in [5.41, 5.74) is 0. The Balaban J connectivity index is 3.87. The minimum atomic E-state index is -1.65. The van der Waals surface area contributed by atoms with Gasteiger partial charge in [0.25, 0.3) is 0 Å². The van der Waals surface area contributed by atoms with Gasteiger partial charge in [-0.25, -0.2) is 0 Å². The molecule has 0 heterocycles. The first-order valence-electron chi connectivity index (χ1n) is 6.87. The summed E-state index contributed by atoms with van der Waals surface area (Å²) in [4.78, 5) is 0. The quantitative estimate of drug-likeness (QED) is 0.370. The van der Waals surface area contributed by atoms with Crippen LogP contribution in [0, 0.1) is 0 Å². The monoisotopic (exact) mass is 400 g/mol. The van der Waals surface area contributed by atoms with Gasteiger partial charge in [-0.3, -0.25) is 0 Å². The van der Waals surface area contributed by atoms with Crippen LogP contribution < -0.4 is 0 Å². The van der Waals surface area contributed by atoms with Crippen LogP contribution in [0.25, 0.3) is 0 Å². The van der Waals surface area contributed by atoms with E-state index in [9.17, 15) is 5.11 Å². The first-order valence-corrected chi connectivity index (χ1v) is 10.9. The molecule has 0 bridgehead atoms. The fourth-order valence-electron chi connectivity index (χ4n) is 1.31. The van der Waals surface area contributed by atoms with Crippen molar-refractivity contribution >= 4 is 30.9 Å². The van der Waals surface area contributed by atoms with Gasteiger partial charge >= 0.3 is 0 Å². The van der Waals surface area contributed by atoms with E-state index in [1.165, 1.54) is 0 Å². The normalized spacial score (nSPS) is 15.7. The summed E-state index contributed by atoms with van der Waals surface area (Å²) in [5.74, 6) is 0. The average molecular weight is 400 g/mol. The predicted molar refractivity (Wildman–Crippen MR) is 92.2 cm³/mol. The molecule has 0 fully saturated rings. The molecular formula is C14H29IO3Si. The van der Waals surface area contributed by atoms with Crippen LogP contribution in [0.2, 0.25) is 18.1 Å². The van der Waals surface area contributed by atoms with E-state index in [4.69, 9.17) is 9.53 Å². The van der Waals surface area contributed by atoms with E-state index in [0.29, 0.717) is 6.42 Å². The summed E-state index contributed by atoms with van der Waals surface area (Å²) in [6, 6.07) is 0. The number of rotatable bonds is 8. The van der Waals surface area contributed by atoms with Crippen LogP contribution in [-0.2, 0) is 4.43 Å². The highest BCUT2D eigenvalue weighted by Crippen LogP contribution is 2.36. The Morgan fingerprint density at radius 3 is 2.42 bits per heavy atom. The Hall–Kier alpha value is 0.567. The lowest BCUT2D eigenvalue weighted by atomic mass is 10.1. The molecule has 1 atom stereocenters. The maximum absolute atomic E-state index is 9.81. The van der Waals surface area contributed by atoms with Gasteiger partial charge < -0.3 is 14.6 Å². The third kappa shape index (κ3) is 8.44. The van der Waals surface area contributed by atoms with Gasteiger partial charge in [0.1, 0.15) is 0 Å². The second-order valence-corrected chi connectivity index (χ2v) is 12.6. The summed E-state index contributed by atoms with van der Waals surface area (Å²) in [5, 5.41) is 18.9. The van der Waals surface area contributed by atoms with Crippen LogP contribution in [-0.4, -0.2) is 37.8 Å². The molecule has 114 valence electrons. The molecule has 0 radical (unpaired) electrons. The van der Waals surface area contributed by atoms with Gasteiger partial charge in [0, 0.05) is 10.2 Å². The highest BCUT2D eigenvalue weighted by molar-refractivity contribution is 14.1. The topological polar surface area (TPSA) is 49.7 Å². The molecule has 0 aliphatic heterocycles. The number of aliphatic hydroxyl groups is 2. The van der Waals surface area contributed by atoms with Gasteiger partial charge in [-0.2, -0.15) is 0 Å². The molecule has 0 saturated carbocycles. The molecular weight excluding hydrogens is 371 g/mol. The molecule has 0 spiro atoms. The summed E-state index contributed by atoms with van der Waals surface area (Å²) in [6.07, 6.45) is 3.80. The minimum absolute atomic E-state index is 0.0573. The fraction of sp³-hybridized carbons (Fsp3) is 0.857. The van der Waals surface area contributed by atoms with E-state index < -0.39 is 8.32 Å². The van der Waals surface area contributed by atoms with E-state index in [2.05, 4.69) is 56.5 Å². The highest BCUT2D eigenvalue weighted by atomic mass is 127. The van der Waals surface area contributed by atoms with Crippen molar-refractivity contribution in [3.63, 3.8) is 0 Å². The predicted octanol–water partition coefficient (Wildman–Crippen LogP) is 3.85. The van der Waals surface area contributed by atoms with Crippen molar-refractivity contribution < 1.29 is 14.6 Å². The van der Waals surface area contributed by atoms with Crippen molar-refractivity contribution in [2.75, 3.05) is 13.2 Å². The van der Waals surface area contributed by atoms with Crippen molar-refractivity contribution in [2.45, 2.75) is 64.3 Å². The van der Waals surface area contributed by atoms with Gasteiger partial charge in [0.2, 0.25) is 0 Å². The molecule has 0 unspecified atom stereocenters. The van der Waals surface area contributed by atoms with Crippen molar-refractivity contribution in [2.24, 2.45) is 0 Å². The van der Waals surface area contributed by atoms with E-state index in [1.807, 2.05) is 6.08 Å².